The molecule has 0 unspecified atom stereocenters. The van der Waals surface area contributed by atoms with Crippen molar-refractivity contribution in [1.29, 1.82) is 0 Å². The summed E-state index contributed by atoms with van der Waals surface area (Å²) < 4.78 is 37.5. The first-order valence-corrected chi connectivity index (χ1v) is 5.42. The number of carbonyl (C=O) groups excluding carboxylic acids is 1. The van der Waals surface area contributed by atoms with Gasteiger partial charge in [-0.25, -0.2) is 0 Å². The molecule has 0 bridgehead atoms. The standard InChI is InChI=1S/C12H11F3N2O/c13-12(14,15)11-7-10(1-4-16-11)9-2-5-17(8-18)6-3-9/h1-2,4,7-8H,3,5-6H2. The summed E-state index contributed by atoms with van der Waals surface area (Å²) in [5.41, 5.74) is 0.447. The molecular formula is C12H11F3N2O. The Kier molecular flexibility index (Phi) is 3.36. The van der Waals surface area contributed by atoms with E-state index in [1.807, 2.05) is 0 Å². The molecule has 96 valence electrons. The van der Waals surface area contributed by atoms with Gasteiger partial charge in [0.15, 0.2) is 0 Å². The minimum Gasteiger partial charge on any atom is -0.341 e. The molecule has 1 amide bonds. The van der Waals surface area contributed by atoms with Crippen LogP contribution in [0, 0.1) is 0 Å². The van der Waals surface area contributed by atoms with Gasteiger partial charge in [0.1, 0.15) is 5.69 Å². The molecule has 0 atom stereocenters. The molecule has 2 heterocycles. The van der Waals surface area contributed by atoms with Crippen LogP contribution in [0.3, 0.4) is 0 Å². The summed E-state index contributed by atoms with van der Waals surface area (Å²) in [7, 11) is 0. The maximum absolute atomic E-state index is 12.5. The predicted molar refractivity (Wildman–Crippen MR) is 59.5 cm³/mol. The average Bonchev–Trinajstić information content (AvgIpc) is 2.38. The van der Waals surface area contributed by atoms with Crippen molar-refractivity contribution in [2.75, 3.05) is 13.1 Å². The lowest BCUT2D eigenvalue weighted by Gasteiger charge is -2.22. The van der Waals surface area contributed by atoms with Crippen LogP contribution in [0.5, 0.6) is 0 Å². The van der Waals surface area contributed by atoms with Gasteiger partial charge in [0.2, 0.25) is 6.41 Å². The highest BCUT2D eigenvalue weighted by Gasteiger charge is 2.32. The number of pyridine rings is 1. The fraction of sp³-hybridized carbons (Fsp3) is 0.333. The van der Waals surface area contributed by atoms with Gasteiger partial charge in [-0.3, -0.25) is 9.78 Å². The fourth-order valence-corrected chi connectivity index (χ4v) is 1.83. The molecule has 0 saturated carbocycles. The van der Waals surface area contributed by atoms with E-state index in [4.69, 9.17) is 0 Å². The van der Waals surface area contributed by atoms with Crippen LogP contribution in [0.15, 0.2) is 24.4 Å². The maximum Gasteiger partial charge on any atom is 0.433 e. The van der Waals surface area contributed by atoms with E-state index in [1.54, 1.807) is 17.0 Å². The number of halogens is 3. The lowest BCUT2D eigenvalue weighted by molar-refractivity contribution is -0.141. The molecule has 0 aromatic carbocycles. The van der Waals surface area contributed by atoms with Gasteiger partial charge >= 0.3 is 6.18 Å². The van der Waals surface area contributed by atoms with Crippen molar-refractivity contribution in [3.63, 3.8) is 0 Å². The predicted octanol–water partition coefficient (Wildman–Crippen LogP) is 2.35. The van der Waals surface area contributed by atoms with E-state index in [2.05, 4.69) is 4.98 Å². The van der Waals surface area contributed by atoms with Gasteiger partial charge in [0.25, 0.3) is 0 Å². The van der Waals surface area contributed by atoms with E-state index in [9.17, 15) is 18.0 Å². The summed E-state index contributed by atoms with van der Waals surface area (Å²) >= 11 is 0. The van der Waals surface area contributed by atoms with E-state index >= 15 is 0 Å². The first-order chi connectivity index (χ1) is 8.50. The summed E-state index contributed by atoms with van der Waals surface area (Å²) in [5.74, 6) is 0. The normalized spacial score (nSPS) is 16.4. The molecule has 1 aromatic rings. The Bertz CT molecular complexity index is 482. The Balaban J connectivity index is 2.25. The second-order valence-corrected chi connectivity index (χ2v) is 4.01. The number of carbonyl (C=O) groups is 1. The molecule has 0 radical (unpaired) electrons. The van der Waals surface area contributed by atoms with Crippen molar-refractivity contribution in [3.8, 4) is 0 Å². The van der Waals surface area contributed by atoms with Crippen molar-refractivity contribution < 1.29 is 18.0 Å². The smallest absolute Gasteiger partial charge is 0.341 e. The van der Waals surface area contributed by atoms with Crippen LogP contribution in [-0.2, 0) is 11.0 Å². The van der Waals surface area contributed by atoms with Gasteiger partial charge in [-0.05, 0) is 29.7 Å². The summed E-state index contributed by atoms with van der Waals surface area (Å²) in [6.45, 7) is 0.960. The quantitative estimate of drug-likeness (QED) is 0.761. The highest BCUT2D eigenvalue weighted by atomic mass is 19.4. The Hall–Kier alpha value is -1.85. The third kappa shape index (κ3) is 2.69. The van der Waals surface area contributed by atoms with Gasteiger partial charge in [-0.2, -0.15) is 13.2 Å². The molecule has 0 N–H and O–H groups in total. The minimum atomic E-state index is -4.43. The summed E-state index contributed by atoms with van der Waals surface area (Å²) in [4.78, 5) is 15.4. The molecular weight excluding hydrogens is 245 g/mol. The molecule has 0 spiro atoms. The SMILES string of the molecule is O=CN1CC=C(c2ccnc(C(F)(F)F)c2)CC1. The summed E-state index contributed by atoms with van der Waals surface area (Å²) in [6, 6.07) is 2.60. The first kappa shape index (κ1) is 12.6. The highest BCUT2D eigenvalue weighted by molar-refractivity contribution is 5.68. The van der Waals surface area contributed by atoms with Crippen LogP contribution in [0.2, 0.25) is 0 Å². The van der Waals surface area contributed by atoms with Crippen LogP contribution < -0.4 is 0 Å². The van der Waals surface area contributed by atoms with Crippen molar-refractivity contribution >= 4 is 12.0 Å². The molecule has 0 saturated heterocycles. The van der Waals surface area contributed by atoms with Crippen LogP contribution in [0.4, 0.5) is 13.2 Å². The Morgan fingerprint density at radius 3 is 2.72 bits per heavy atom. The van der Waals surface area contributed by atoms with Crippen molar-refractivity contribution in [3.05, 3.63) is 35.7 Å². The highest BCUT2D eigenvalue weighted by Crippen LogP contribution is 2.30. The van der Waals surface area contributed by atoms with Crippen molar-refractivity contribution in [2.24, 2.45) is 0 Å². The largest absolute Gasteiger partial charge is 0.433 e. The third-order valence-corrected chi connectivity index (χ3v) is 2.81. The molecule has 0 aliphatic carbocycles. The number of rotatable bonds is 2. The number of hydrogen-bond donors (Lipinski definition) is 0. The van der Waals surface area contributed by atoms with Crippen LogP contribution in [-0.4, -0.2) is 29.4 Å². The topological polar surface area (TPSA) is 33.2 Å². The molecule has 3 nitrogen and oxygen atoms in total. The molecule has 0 fully saturated rings. The molecule has 6 heteroatoms. The zero-order chi connectivity index (χ0) is 13.2. The van der Waals surface area contributed by atoms with Crippen molar-refractivity contribution in [2.45, 2.75) is 12.6 Å². The second-order valence-electron chi connectivity index (χ2n) is 4.01. The van der Waals surface area contributed by atoms with Crippen molar-refractivity contribution in [1.82, 2.24) is 9.88 Å². The van der Waals surface area contributed by atoms with E-state index in [0.29, 0.717) is 25.1 Å². The maximum atomic E-state index is 12.5. The van der Waals surface area contributed by atoms with Gasteiger partial charge in [-0.15, -0.1) is 0 Å². The van der Waals surface area contributed by atoms with Gasteiger partial charge in [0, 0.05) is 19.3 Å². The van der Waals surface area contributed by atoms with E-state index < -0.39 is 11.9 Å². The first-order valence-electron chi connectivity index (χ1n) is 5.42. The lowest BCUT2D eigenvalue weighted by atomic mass is 10.00. The Labute approximate surface area is 102 Å². The molecule has 1 aromatic heterocycles. The number of amides is 1. The minimum absolute atomic E-state index is 0.433. The van der Waals surface area contributed by atoms with Gasteiger partial charge in [0.05, 0.1) is 0 Å². The molecule has 1 aliphatic rings. The molecule has 1 aliphatic heterocycles. The number of aromatic nitrogens is 1. The number of alkyl halides is 3. The monoisotopic (exact) mass is 256 g/mol. The van der Waals surface area contributed by atoms with Crippen LogP contribution in [0.25, 0.3) is 5.57 Å². The van der Waals surface area contributed by atoms with Crippen LogP contribution >= 0.6 is 0 Å². The van der Waals surface area contributed by atoms with E-state index in [-0.39, 0.29) is 0 Å². The fourth-order valence-electron chi connectivity index (χ4n) is 1.83. The molecule has 2 rings (SSSR count). The van der Waals surface area contributed by atoms with E-state index in [1.165, 1.54) is 0 Å². The molecule has 18 heavy (non-hydrogen) atoms. The zero-order valence-electron chi connectivity index (χ0n) is 9.44. The summed E-state index contributed by atoms with van der Waals surface area (Å²) in [5, 5.41) is 0. The Morgan fingerprint density at radius 1 is 1.39 bits per heavy atom. The van der Waals surface area contributed by atoms with Gasteiger partial charge in [-0.1, -0.05) is 6.08 Å². The van der Waals surface area contributed by atoms with Gasteiger partial charge < -0.3 is 4.90 Å². The average molecular weight is 256 g/mol. The zero-order valence-corrected chi connectivity index (χ0v) is 9.44. The third-order valence-electron chi connectivity index (χ3n) is 2.81. The lowest BCUT2D eigenvalue weighted by Crippen LogP contribution is -2.26. The van der Waals surface area contributed by atoms with Crippen LogP contribution in [0.1, 0.15) is 17.7 Å². The number of hydrogen-bond acceptors (Lipinski definition) is 2. The Morgan fingerprint density at radius 2 is 2.17 bits per heavy atom. The number of nitrogens with zero attached hydrogens (tertiary/aromatic N) is 2. The summed E-state index contributed by atoms with van der Waals surface area (Å²) in [6.07, 6.45) is -0.209. The second kappa shape index (κ2) is 4.80. The van der Waals surface area contributed by atoms with E-state index in [0.717, 1.165) is 24.2 Å².